The summed E-state index contributed by atoms with van der Waals surface area (Å²) in [4.78, 5) is 10.9. The summed E-state index contributed by atoms with van der Waals surface area (Å²) in [5, 5.41) is 11.1. The van der Waals surface area contributed by atoms with E-state index in [1.165, 1.54) is 12.1 Å². The Hall–Kier alpha value is 0.560. The Bertz CT molecular complexity index is 688. The van der Waals surface area contributed by atoms with Gasteiger partial charge in [0.2, 0.25) is 0 Å². The van der Waals surface area contributed by atoms with Crippen LogP contribution < -0.4 is 64.2 Å². The van der Waals surface area contributed by atoms with E-state index in [9.17, 15) is 22.9 Å². The van der Waals surface area contributed by atoms with Gasteiger partial charge in [0, 0.05) is 5.97 Å². The fourth-order valence-corrected chi connectivity index (χ4v) is 3.68. The number of carboxylic acids is 1. The molecule has 1 aliphatic heterocycles. The Morgan fingerprint density at radius 1 is 1.22 bits per heavy atom. The van der Waals surface area contributed by atoms with Crippen LogP contribution in [-0.2, 0) is 19.6 Å². The van der Waals surface area contributed by atoms with Gasteiger partial charge in [-0.05, 0) is 54.7 Å². The van der Waals surface area contributed by atoms with Crippen molar-refractivity contribution < 1.29 is 86.7 Å². The van der Waals surface area contributed by atoms with E-state index in [0.717, 1.165) is 31.4 Å². The van der Waals surface area contributed by atoms with Crippen LogP contribution in [0, 0.1) is 11.8 Å². The van der Waals surface area contributed by atoms with Crippen molar-refractivity contribution >= 4 is 16.1 Å². The fraction of sp³-hybridized carbons (Fsp3) is 0.611. The molecule has 1 aromatic carbocycles. The van der Waals surface area contributed by atoms with Gasteiger partial charge in [0.05, 0.1) is 17.6 Å². The summed E-state index contributed by atoms with van der Waals surface area (Å²) in [6, 6.07) is 5.80. The molecule has 0 radical (unpaired) electrons. The van der Waals surface area contributed by atoms with Gasteiger partial charge in [-0.2, -0.15) is 0 Å². The van der Waals surface area contributed by atoms with Crippen LogP contribution in [-0.4, -0.2) is 31.7 Å². The van der Waals surface area contributed by atoms with Gasteiger partial charge in [0.1, 0.15) is 10.1 Å². The van der Waals surface area contributed by atoms with Gasteiger partial charge in [-0.25, -0.2) is 8.42 Å². The van der Waals surface area contributed by atoms with Gasteiger partial charge in [-0.3, -0.25) is 0 Å². The van der Waals surface area contributed by atoms with Gasteiger partial charge >= 0.3 is 59.1 Å². The van der Waals surface area contributed by atoms with E-state index >= 15 is 0 Å². The van der Waals surface area contributed by atoms with Crippen LogP contribution in [0.3, 0.4) is 0 Å². The molecule has 0 saturated carbocycles. The van der Waals surface area contributed by atoms with Gasteiger partial charge < -0.3 is 19.2 Å². The Morgan fingerprint density at radius 3 is 2.19 bits per heavy atom. The molecule has 4 atom stereocenters. The van der Waals surface area contributed by atoms with Crippen LogP contribution in [0.25, 0.3) is 0 Å². The summed E-state index contributed by atoms with van der Waals surface area (Å²) in [6.45, 7) is 4.50. The number of rotatable bonds is 10. The Morgan fingerprint density at radius 2 is 1.78 bits per heavy atom. The molecular formula is C18H24Na2O6S. The van der Waals surface area contributed by atoms with Gasteiger partial charge in [-0.15, -0.1) is 0 Å². The van der Waals surface area contributed by atoms with Gasteiger partial charge in [-0.1, -0.05) is 32.4 Å². The first kappa shape index (κ1) is 27.6. The second-order valence-corrected chi connectivity index (χ2v) is 8.26. The van der Waals surface area contributed by atoms with Gasteiger partial charge in [0.15, 0.2) is 0 Å². The van der Waals surface area contributed by atoms with Crippen molar-refractivity contribution in [3.8, 4) is 0 Å². The average molecular weight is 414 g/mol. The first-order valence-electron chi connectivity index (χ1n) is 8.59. The third kappa shape index (κ3) is 9.28. The molecule has 0 aromatic heterocycles. The number of epoxide rings is 1. The van der Waals surface area contributed by atoms with E-state index in [1.54, 1.807) is 19.1 Å². The zero-order valence-electron chi connectivity index (χ0n) is 16.5. The van der Waals surface area contributed by atoms with Crippen molar-refractivity contribution in [3.05, 3.63) is 29.8 Å². The van der Waals surface area contributed by atoms with Crippen LogP contribution >= 0.6 is 0 Å². The largest absolute Gasteiger partial charge is 1.00 e. The van der Waals surface area contributed by atoms with E-state index < -0.39 is 22.0 Å². The number of ether oxygens (including phenoxy) is 1. The van der Waals surface area contributed by atoms with Crippen LogP contribution in [0.5, 0.6) is 0 Å². The first-order valence-corrected chi connectivity index (χ1v) is 9.99. The van der Waals surface area contributed by atoms with E-state index in [4.69, 9.17) is 4.74 Å². The van der Waals surface area contributed by atoms with Crippen LogP contribution in [0.1, 0.15) is 51.0 Å². The Balaban J connectivity index is 0.00000338. The predicted molar refractivity (Wildman–Crippen MR) is 88.7 cm³/mol. The minimum absolute atomic E-state index is 0. The Labute approximate surface area is 205 Å². The quantitative estimate of drug-likeness (QED) is 0.218. The van der Waals surface area contributed by atoms with Crippen LogP contribution in [0.4, 0.5) is 0 Å². The van der Waals surface area contributed by atoms with Crippen LogP contribution in [0.2, 0.25) is 0 Å². The topological polar surface area (TPSA) is 110 Å². The molecule has 0 aliphatic carbocycles. The smallest absolute Gasteiger partial charge is 0.744 e. The summed E-state index contributed by atoms with van der Waals surface area (Å²) in [5.41, 5.74) is 0.843. The summed E-state index contributed by atoms with van der Waals surface area (Å²) in [7, 11) is -4.49. The minimum atomic E-state index is -4.49. The van der Waals surface area contributed by atoms with Crippen LogP contribution in [0.15, 0.2) is 29.2 Å². The second kappa shape index (κ2) is 12.3. The molecule has 1 heterocycles. The summed E-state index contributed by atoms with van der Waals surface area (Å²) >= 11 is 0. The van der Waals surface area contributed by atoms with Crippen molar-refractivity contribution in [2.75, 3.05) is 6.61 Å². The standard InChI is InChI=1S/C18H26O6S.2Na/c1-3-13(10-16-11-24-16)9-15(8-12(2)18(19)20)14-4-6-17(7-5-14)25(21,22)23;;/h4-7,12-13,15-16H,3,8-11H2,1-2H3,(H,19,20)(H,21,22,23);;/q;2*+1/p-2. The Kier molecular flexibility index (Phi) is 12.6. The van der Waals surface area contributed by atoms with E-state index in [2.05, 4.69) is 6.92 Å². The molecule has 1 aromatic rings. The normalized spacial score (nSPS) is 19.1. The molecular weight excluding hydrogens is 390 g/mol. The maximum Gasteiger partial charge on any atom is 1.00 e. The maximum absolute atomic E-state index is 11.1. The predicted octanol–water partition coefficient (Wildman–Crippen LogP) is -4.34. The van der Waals surface area contributed by atoms with Crippen molar-refractivity contribution in [2.45, 2.75) is 56.4 Å². The first-order chi connectivity index (χ1) is 11.7. The third-order valence-corrected chi connectivity index (χ3v) is 5.72. The molecule has 1 aliphatic rings. The number of benzene rings is 1. The molecule has 0 N–H and O–H groups in total. The number of carbonyl (C=O) groups excluding carboxylic acids is 1. The molecule has 4 unspecified atom stereocenters. The molecule has 1 fully saturated rings. The van der Waals surface area contributed by atoms with Crippen molar-refractivity contribution in [1.82, 2.24) is 0 Å². The molecule has 0 bridgehead atoms. The molecule has 27 heavy (non-hydrogen) atoms. The SMILES string of the molecule is CCC(CC1CO1)CC(CC(C)C(=O)[O-])c1ccc(S(=O)(=O)[O-])cc1.[Na+].[Na+]. The van der Waals surface area contributed by atoms with E-state index in [-0.39, 0.29) is 69.9 Å². The van der Waals surface area contributed by atoms with Crippen molar-refractivity contribution in [3.63, 3.8) is 0 Å². The van der Waals surface area contributed by atoms with Crippen molar-refractivity contribution in [2.24, 2.45) is 11.8 Å². The number of carbonyl (C=O) groups is 1. The molecule has 0 amide bonds. The van der Waals surface area contributed by atoms with E-state index in [1.807, 2.05) is 0 Å². The second-order valence-electron chi connectivity index (χ2n) is 6.88. The summed E-state index contributed by atoms with van der Waals surface area (Å²) < 4.78 is 38.5. The third-order valence-electron chi connectivity index (χ3n) is 4.87. The number of hydrogen-bond donors (Lipinski definition) is 0. The maximum atomic E-state index is 11.1. The van der Waals surface area contributed by atoms with Gasteiger partial charge in [0.25, 0.3) is 0 Å². The molecule has 9 heteroatoms. The molecule has 0 spiro atoms. The number of aliphatic carboxylic acids is 1. The molecule has 140 valence electrons. The van der Waals surface area contributed by atoms with Crippen molar-refractivity contribution in [1.29, 1.82) is 0 Å². The van der Waals surface area contributed by atoms with E-state index in [0.29, 0.717) is 18.4 Å². The zero-order chi connectivity index (χ0) is 18.6. The number of carboxylic acid groups (broad SMARTS) is 1. The molecule has 1 saturated heterocycles. The molecule has 2 rings (SSSR count). The summed E-state index contributed by atoms with van der Waals surface area (Å²) in [5.74, 6) is -1.35. The zero-order valence-corrected chi connectivity index (χ0v) is 21.3. The minimum Gasteiger partial charge on any atom is -0.744 e. The summed E-state index contributed by atoms with van der Waals surface area (Å²) in [6.07, 6.45) is 3.41. The average Bonchev–Trinajstić information content (AvgIpc) is 3.36. The fourth-order valence-electron chi connectivity index (χ4n) is 3.21. The molecule has 6 nitrogen and oxygen atoms in total. The monoisotopic (exact) mass is 414 g/mol. The number of hydrogen-bond acceptors (Lipinski definition) is 6.